The van der Waals surface area contributed by atoms with Crippen LogP contribution in [0.2, 0.25) is 0 Å². The van der Waals surface area contributed by atoms with E-state index in [0.717, 1.165) is 11.1 Å². The van der Waals surface area contributed by atoms with Crippen LogP contribution in [-0.2, 0) is 16.6 Å². The van der Waals surface area contributed by atoms with Gasteiger partial charge in [-0.25, -0.2) is 8.42 Å². The average Bonchev–Trinajstić information content (AvgIpc) is 2.70. The largest absolute Gasteiger partial charge is 0.337 e. The zero-order chi connectivity index (χ0) is 20.1. The lowest BCUT2D eigenvalue weighted by Gasteiger charge is -2.20. The maximum atomic E-state index is 13.0. The van der Waals surface area contributed by atoms with Gasteiger partial charge in [0, 0.05) is 13.6 Å². The molecule has 0 saturated carbocycles. The quantitative estimate of drug-likeness (QED) is 0.685. The molecule has 0 aliphatic rings. The third-order valence-corrected chi connectivity index (χ3v) is 5.72. The Morgan fingerprint density at radius 2 is 1.50 bits per heavy atom. The van der Waals surface area contributed by atoms with Crippen LogP contribution in [0.4, 0.5) is 5.69 Å². The van der Waals surface area contributed by atoms with Crippen LogP contribution < -0.4 is 4.72 Å². The summed E-state index contributed by atoms with van der Waals surface area (Å²) in [6.07, 6.45) is 0. The molecule has 0 aliphatic carbocycles. The Kier molecular flexibility index (Phi) is 5.80. The monoisotopic (exact) mass is 394 g/mol. The second-order valence-electron chi connectivity index (χ2n) is 6.61. The summed E-state index contributed by atoms with van der Waals surface area (Å²) in [7, 11) is -2.08. The molecule has 3 rings (SSSR count). The minimum atomic E-state index is -3.78. The number of carbonyl (C=O) groups excluding carboxylic acids is 1. The summed E-state index contributed by atoms with van der Waals surface area (Å²) in [5, 5.41) is 0. The molecule has 144 valence electrons. The number of carbonyl (C=O) groups is 1. The van der Waals surface area contributed by atoms with Crippen LogP contribution in [0.1, 0.15) is 21.5 Å². The van der Waals surface area contributed by atoms with E-state index < -0.39 is 10.0 Å². The zero-order valence-electron chi connectivity index (χ0n) is 15.8. The molecule has 5 nitrogen and oxygen atoms in total. The van der Waals surface area contributed by atoms with Gasteiger partial charge in [0.15, 0.2) is 0 Å². The fraction of sp³-hybridized carbons (Fsp3) is 0.136. The molecular formula is C22H22N2O3S. The highest BCUT2D eigenvalue weighted by Gasteiger charge is 2.20. The van der Waals surface area contributed by atoms with Crippen LogP contribution in [0.5, 0.6) is 0 Å². The van der Waals surface area contributed by atoms with Crippen molar-refractivity contribution >= 4 is 21.6 Å². The predicted octanol–water partition coefficient (Wildman–Crippen LogP) is 4.07. The number of hydrogen-bond donors (Lipinski definition) is 1. The molecule has 0 atom stereocenters. The maximum Gasteiger partial charge on any atom is 0.261 e. The summed E-state index contributed by atoms with van der Waals surface area (Å²) in [4.78, 5) is 14.7. The van der Waals surface area contributed by atoms with Crippen molar-refractivity contribution in [1.82, 2.24) is 4.90 Å². The van der Waals surface area contributed by atoms with Crippen molar-refractivity contribution in [3.63, 3.8) is 0 Å². The number of para-hydroxylation sites is 1. The Morgan fingerprint density at radius 1 is 0.893 bits per heavy atom. The lowest BCUT2D eigenvalue weighted by molar-refractivity contribution is 0.0786. The minimum absolute atomic E-state index is 0.144. The number of hydrogen-bond acceptors (Lipinski definition) is 3. The molecule has 0 aromatic heterocycles. The average molecular weight is 394 g/mol. The molecular weight excluding hydrogens is 372 g/mol. The molecule has 1 N–H and O–H groups in total. The highest BCUT2D eigenvalue weighted by molar-refractivity contribution is 7.92. The van der Waals surface area contributed by atoms with E-state index in [1.807, 2.05) is 31.2 Å². The van der Waals surface area contributed by atoms with Gasteiger partial charge in [-0.1, -0.05) is 60.2 Å². The van der Waals surface area contributed by atoms with Gasteiger partial charge in [0.2, 0.25) is 0 Å². The number of sulfonamides is 1. The number of nitrogens with zero attached hydrogens (tertiary/aromatic N) is 1. The third-order valence-electron chi connectivity index (χ3n) is 4.34. The predicted molar refractivity (Wildman–Crippen MR) is 111 cm³/mol. The Hall–Kier alpha value is -3.12. The van der Waals surface area contributed by atoms with Gasteiger partial charge in [-0.2, -0.15) is 0 Å². The first kappa shape index (κ1) is 19.6. The lowest BCUT2D eigenvalue weighted by atomic mass is 10.1. The van der Waals surface area contributed by atoms with E-state index in [2.05, 4.69) is 4.72 Å². The molecule has 0 saturated heterocycles. The van der Waals surface area contributed by atoms with E-state index in [1.54, 1.807) is 54.4 Å². The summed E-state index contributed by atoms with van der Waals surface area (Å²) in [6, 6.07) is 22.6. The Balaban J connectivity index is 1.83. The number of benzene rings is 3. The van der Waals surface area contributed by atoms with Gasteiger partial charge < -0.3 is 4.90 Å². The van der Waals surface area contributed by atoms with E-state index in [-0.39, 0.29) is 16.5 Å². The van der Waals surface area contributed by atoms with Crippen LogP contribution >= 0.6 is 0 Å². The summed E-state index contributed by atoms with van der Waals surface area (Å²) in [5.74, 6) is -0.257. The van der Waals surface area contributed by atoms with Gasteiger partial charge in [-0.05, 0) is 36.8 Å². The highest BCUT2D eigenvalue weighted by Crippen LogP contribution is 2.22. The van der Waals surface area contributed by atoms with Crippen molar-refractivity contribution in [3.05, 3.63) is 95.6 Å². The zero-order valence-corrected chi connectivity index (χ0v) is 16.6. The van der Waals surface area contributed by atoms with Gasteiger partial charge in [-0.15, -0.1) is 0 Å². The van der Waals surface area contributed by atoms with Gasteiger partial charge in [-0.3, -0.25) is 9.52 Å². The third kappa shape index (κ3) is 4.58. The van der Waals surface area contributed by atoms with Gasteiger partial charge >= 0.3 is 0 Å². The molecule has 1 amide bonds. The van der Waals surface area contributed by atoms with Crippen LogP contribution in [0.15, 0.2) is 83.8 Å². The van der Waals surface area contributed by atoms with Crippen LogP contribution in [0, 0.1) is 6.92 Å². The standard InChI is InChI=1S/C22H22N2O3S/c1-17-12-14-18(15-13-17)16-24(2)22(25)20-10-6-7-11-21(20)23-28(26,27)19-8-4-3-5-9-19/h3-15,23H,16H2,1-2H3. The Labute approximate surface area is 165 Å². The molecule has 0 aliphatic heterocycles. The first-order valence-electron chi connectivity index (χ1n) is 8.85. The highest BCUT2D eigenvalue weighted by atomic mass is 32.2. The minimum Gasteiger partial charge on any atom is -0.337 e. The Morgan fingerprint density at radius 3 is 2.18 bits per heavy atom. The second-order valence-corrected chi connectivity index (χ2v) is 8.29. The van der Waals surface area contributed by atoms with Crippen molar-refractivity contribution < 1.29 is 13.2 Å². The van der Waals surface area contributed by atoms with Gasteiger partial charge in [0.1, 0.15) is 0 Å². The van der Waals surface area contributed by atoms with E-state index in [4.69, 9.17) is 0 Å². The van der Waals surface area contributed by atoms with Crippen LogP contribution in [0.3, 0.4) is 0 Å². The van der Waals surface area contributed by atoms with E-state index in [1.165, 1.54) is 12.1 Å². The molecule has 0 heterocycles. The molecule has 28 heavy (non-hydrogen) atoms. The first-order valence-corrected chi connectivity index (χ1v) is 10.3. The first-order chi connectivity index (χ1) is 13.4. The van der Waals surface area contributed by atoms with Gasteiger partial charge in [0.05, 0.1) is 16.1 Å². The molecule has 6 heteroatoms. The topological polar surface area (TPSA) is 66.5 Å². The molecule has 3 aromatic rings. The number of amides is 1. The summed E-state index contributed by atoms with van der Waals surface area (Å²) in [6.45, 7) is 2.44. The molecule has 3 aromatic carbocycles. The van der Waals surface area contributed by atoms with Crippen molar-refractivity contribution in [2.24, 2.45) is 0 Å². The van der Waals surface area contributed by atoms with E-state index in [9.17, 15) is 13.2 Å². The van der Waals surface area contributed by atoms with Crippen molar-refractivity contribution in [1.29, 1.82) is 0 Å². The molecule has 0 fully saturated rings. The molecule has 0 unspecified atom stereocenters. The van der Waals surface area contributed by atoms with E-state index in [0.29, 0.717) is 12.1 Å². The van der Waals surface area contributed by atoms with Gasteiger partial charge in [0.25, 0.3) is 15.9 Å². The van der Waals surface area contributed by atoms with Crippen molar-refractivity contribution in [2.45, 2.75) is 18.4 Å². The number of anilines is 1. The van der Waals surface area contributed by atoms with E-state index >= 15 is 0 Å². The smallest absolute Gasteiger partial charge is 0.261 e. The van der Waals surface area contributed by atoms with Crippen molar-refractivity contribution in [3.8, 4) is 0 Å². The fourth-order valence-corrected chi connectivity index (χ4v) is 3.91. The summed E-state index contributed by atoms with van der Waals surface area (Å²) >= 11 is 0. The number of aryl methyl sites for hydroxylation is 1. The fourth-order valence-electron chi connectivity index (χ4n) is 2.81. The van der Waals surface area contributed by atoms with Crippen LogP contribution in [0.25, 0.3) is 0 Å². The second kappa shape index (κ2) is 8.27. The maximum absolute atomic E-state index is 13.0. The molecule has 0 spiro atoms. The van der Waals surface area contributed by atoms with Crippen LogP contribution in [-0.4, -0.2) is 26.3 Å². The number of nitrogens with one attached hydrogen (secondary N) is 1. The van der Waals surface area contributed by atoms with Crippen molar-refractivity contribution in [2.75, 3.05) is 11.8 Å². The molecule has 0 radical (unpaired) electrons. The summed E-state index contributed by atoms with van der Waals surface area (Å²) in [5.41, 5.74) is 2.71. The normalized spacial score (nSPS) is 11.1. The SMILES string of the molecule is Cc1ccc(CN(C)C(=O)c2ccccc2NS(=O)(=O)c2ccccc2)cc1. The molecule has 0 bridgehead atoms. The number of rotatable bonds is 6. The Bertz CT molecular complexity index is 1060. The summed E-state index contributed by atoms with van der Waals surface area (Å²) < 4.78 is 27.8. The lowest BCUT2D eigenvalue weighted by Crippen LogP contribution is -2.27.